The molecule has 0 unspecified atom stereocenters. The normalized spacial score (nSPS) is 12.1. The van der Waals surface area contributed by atoms with Crippen molar-refractivity contribution in [2.45, 2.75) is 26.4 Å². The second kappa shape index (κ2) is 5.81. The molecule has 0 radical (unpaired) electrons. The van der Waals surface area contributed by atoms with Gasteiger partial charge in [-0.1, -0.05) is 29.8 Å². The van der Waals surface area contributed by atoms with E-state index in [-0.39, 0.29) is 0 Å². The lowest BCUT2D eigenvalue weighted by molar-refractivity contribution is 0.579. The third kappa shape index (κ3) is 3.19. The summed E-state index contributed by atoms with van der Waals surface area (Å²) in [6, 6.07) is 14.9. The average Bonchev–Trinajstić information content (AvgIpc) is 2.85. The first-order valence-electron chi connectivity index (χ1n) is 5.98. The maximum absolute atomic E-state index is 8.77. The molecule has 0 saturated carbocycles. The van der Waals surface area contributed by atoms with Gasteiger partial charge in [0.2, 0.25) is 0 Å². The molecule has 92 valence electrons. The Morgan fingerprint density at radius 2 is 1.94 bits per heavy atom. The first kappa shape index (κ1) is 12.8. The summed E-state index contributed by atoms with van der Waals surface area (Å²) in [6.07, 6.45) is 0. The first-order chi connectivity index (χ1) is 8.69. The Morgan fingerprint density at radius 3 is 2.56 bits per heavy atom. The number of benzene rings is 1. The molecule has 1 atom stereocenters. The minimum atomic E-state index is 0.318. The van der Waals surface area contributed by atoms with Gasteiger partial charge in [-0.3, -0.25) is 0 Å². The molecule has 1 N–H and O–H groups in total. The molecule has 0 bridgehead atoms. The van der Waals surface area contributed by atoms with Crippen molar-refractivity contribution in [2.75, 3.05) is 0 Å². The number of thiophene rings is 1. The number of rotatable bonds is 4. The Labute approximate surface area is 112 Å². The molecule has 0 amide bonds. The second-order valence-corrected chi connectivity index (χ2v) is 5.56. The molecule has 0 spiro atoms. The zero-order valence-electron chi connectivity index (χ0n) is 10.6. The number of hydrogen-bond donors (Lipinski definition) is 1. The van der Waals surface area contributed by atoms with E-state index in [4.69, 9.17) is 5.26 Å². The van der Waals surface area contributed by atoms with Crippen LogP contribution in [0.2, 0.25) is 0 Å². The molecule has 1 heterocycles. The maximum Gasteiger partial charge on any atom is 0.110 e. The summed E-state index contributed by atoms with van der Waals surface area (Å²) in [7, 11) is 0. The number of nitriles is 1. The van der Waals surface area contributed by atoms with E-state index in [1.165, 1.54) is 16.0 Å². The number of aryl methyl sites for hydroxylation is 1. The summed E-state index contributed by atoms with van der Waals surface area (Å²) in [5.41, 5.74) is 2.57. The summed E-state index contributed by atoms with van der Waals surface area (Å²) in [6.45, 7) is 5.06. The topological polar surface area (TPSA) is 35.8 Å². The lowest BCUT2D eigenvalue weighted by Gasteiger charge is -2.13. The summed E-state index contributed by atoms with van der Waals surface area (Å²) in [5, 5.41) is 12.2. The van der Waals surface area contributed by atoms with E-state index in [0.29, 0.717) is 6.04 Å². The zero-order valence-corrected chi connectivity index (χ0v) is 11.4. The second-order valence-electron chi connectivity index (χ2n) is 4.39. The van der Waals surface area contributed by atoms with E-state index in [1.807, 2.05) is 12.1 Å². The van der Waals surface area contributed by atoms with Crippen LogP contribution in [0.3, 0.4) is 0 Å². The van der Waals surface area contributed by atoms with E-state index >= 15 is 0 Å². The highest BCUT2D eigenvalue weighted by atomic mass is 32.1. The lowest BCUT2D eigenvalue weighted by Crippen LogP contribution is -2.17. The summed E-state index contributed by atoms with van der Waals surface area (Å²) < 4.78 is 0. The van der Waals surface area contributed by atoms with Crippen LogP contribution in [0.4, 0.5) is 0 Å². The highest BCUT2D eigenvalue weighted by Crippen LogP contribution is 2.18. The fourth-order valence-electron chi connectivity index (χ4n) is 1.76. The van der Waals surface area contributed by atoms with E-state index in [1.54, 1.807) is 11.3 Å². The molecule has 2 aromatic rings. The number of nitrogens with one attached hydrogen (secondary N) is 1. The van der Waals surface area contributed by atoms with Crippen LogP contribution >= 0.6 is 11.3 Å². The minimum absolute atomic E-state index is 0.318. The minimum Gasteiger partial charge on any atom is -0.305 e. The van der Waals surface area contributed by atoms with Crippen LogP contribution in [0, 0.1) is 18.3 Å². The Morgan fingerprint density at radius 1 is 1.22 bits per heavy atom. The molecule has 2 nitrogen and oxygen atoms in total. The molecule has 18 heavy (non-hydrogen) atoms. The first-order valence-corrected chi connectivity index (χ1v) is 6.79. The van der Waals surface area contributed by atoms with Gasteiger partial charge < -0.3 is 5.32 Å². The van der Waals surface area contributed by atoms with Crippen molar-refractivity contribution < 1.29 is 0 Å². The van der Waals surface area contributed by atoms with Gasteiger partial charge in [-0.15, -0.1) is 11.3 Å². The Kier molecular flexibility index (Phi) is 4.14. The van der Waals surface area contributed by atoms with E-state index in [2.05, 4.69) is 49.5 Å². The summed E-state index contributed by atoms with van der Waals surface area (Å²) in [5.74, 6) is 0. The molecule has 0 aliphatic carbocycles. The SMILES string of the molecule is Cc1ccc([C@H](C)NCc2ccc(C#N)s2)cc1. The molecule has 3 heteroatoms. The molecular weight excluding hydrogens is 240 g/mol. The smallest absolute Gasteiger partial charge is 0.110 e. The van der Waals surface area contributed by atoms with Crippen LogP contribution < -0.4 is 5.32 Å². The molecule has 1 aromatic carbocycles. The van der Waals surface area contributed by atoms with Crippen LogP contribution in [0.15, 0.2) is 36.4 Å². The zero-order chi connectivity index (χ0) is 13.0. The van der Waals surface area contributed by atoms with Gasteiger partial charge in [-0.05, 0) is 31.5 Å². The van der Waals surface area contributed by atoms with Crippen molar-refractivity contribution in [1.82, 2.24) is 5.32 Å². The largest absolute Gasteiger partial charge is 0.305 e. The van der Waals surface area contributed by atoms with Crippen molar-refractivity contribution in [3.8, 4) is 6.07 Å². The molecular formula is C15H16N2S. The van der Waals surface area contributed by atoms with E-state index < -0.39 is 0 Å². The monoisotopic (exact) mass is 256 g/mol. The molecule has 0 aliphatic rings. The van der Waals surface area contributed by atoms with Crippen LogP contribution in [0.1, 0.15) is 33.8 Å². The molecule has 0 aliphatic heterocycles. The van der Waals surface area contributed by atoms with Crippen molar-refractivity contribution in [3.63, 3.8) is 0 Å². The van der Waals surface area contributed by atoms with Gasteiger partial charge in [-0.25, -0.2) is 0 Å². The van der Waals surface area contributed by atoms with Gasteiger partial charge in [0.1, 0.15) is 10.9 Å². The molecule has 1 aromatic heterocycles. The predicted molar refractivity (Wildman–Crippen MR) is 75.5 cm³/mol. The van der Waals surface area contributed by atoms with Crippen molar-refractivity contribution in [3.05, 3.63) is 57.3 Å². The fourth-order valence-corrected chi connectivity index (χ4v) is 2.52. The molecule has 0 saturated heterocycles. The number of nitrogens with zero attached hydrogens (tertiary/aromatic N) is 1. The Balaban J connectivity index is 1.94. The van der Waals surface area contributed by atoms with Crippen LogP contribution in [-0.4, -0.2) is 0 Å². The van der Waals surface area contributed by atoms with Gasteiger partial charge in [0.25, 0.3) is 0 Å². The Hall–Kier alpha value is -1.63. The quantitative estimate of drug-likeness (QED) is 0.903. The van der Waals surface area contributed by atoms with Gasteiger partial charge >= 0.3 is 0 Å². The number of hydrogen-bond acceptors (Lipinski definition) is 3. The highest BCUT2D eigenvalue weighted by Gasteiger charge is 2.05. The maximum atomic E-state index is 8.77. The highest BCUT2D eigenvalue weighted by molar-refractivity contribution is 7.12. The van der Waals surface area contributed by atoms with Gasteiger partial charge in [0, 0.05) is 17.5 Å². The van der Waals surface area contributed by atoms with Crippen molar-refractivity contribution in [2.24, 2.45) is 0 Å². The van der Waals surface area contributed by atoms with Crippen LogP contribution in [0.25, 0.3) is 0 Å². The van der Waals surface area contributed by atoms with E-state index in [0.717, 1.165) is 11.4 Å². The lowest BCUT2D eigenvalue weighted by atomic mass is 10.1. The Bertz CT molecular complexity index is 549. The van der Waals surface area contributed by atoms with Gasteiger partial charge in [0.15, 0.2) is 0 Å². The third-order valence-electron chi connectivity index (χ3n) is 2.93. The van der Waals surface area contributed by atoms with E-state index in [9.17, 15) is 0 Å². The summed E-state index contributed by atoms with van der Waals surface area (Å²) >= 11 is 1.55. The molecule has 2 rings (SSSR count). The van der Waals surface area contributed by atoms with Crippen LogP contribution in [0.5, 0.6) is 0 Å². The average molecular weight is 256 g/mol. The van der Waals surface area contributed by atoms with Crippen molar-refractivity contribution >= 4 is 11.3 Å². The predicted octanol–water partition coefficient (Wildman–Crippen LogP) is 3.78. The van der Waals surface area contributed by atoms with Gasteiger partial charge in [-0.2, -0.15) is 5.26 Å². The summed E-state index contributed by atoms with van der Waals surface area (Å²) in [4.78, 5) is 1.97. The fraction of sp³-hybridized carbons (Fsp3) is 0.267. The third-order valence-corrected chi connectivity index (χ3v) is 3.92. The van der Waals surface area contributed by atoms with Crippen LogP contribution in [-0.2, 0) is 6.54 Å². The standard InChI is InChI=1S/C15H16N2S/c1-11-3-5-13(6-4-11)12(2)17-10-15-8-7-14(9-16)18-15/h3-8,12,17H,10H2,1-2H3/t12-/m0/s1. The van der Waals surface area contributed by atoms with Gasteiger partial charge in [0.05, 0.1) is 0 Å². The van der Waals surface area contributed by atoms with Crippen molar-refractivity contribution in [1.29, 1.82) is 5.26 Å². The molecule has 0 fully saturated rings.